The van der Waals surface area contributed by atoms with E-state index in [9.17, 15) is 9.18 Å². The number of carbonyl (C=O) groups excluding carboxylic acids is 1. The molecule has 4 nitrogen and oxygen atoms in total. The predicted molar refractivity (Wildman–Crippen MR) is 66.7 cm³/mol. The van der Waals surface area contributed by atoms with E-state index >= 15 is 0 Å². The molecule has 0 spiro atoms. The van der Waals surface area contributed by atoms with Crippen LogP contribution in [-0.2, 0) is 4.74 Å². The van der Waals surface area contributed by atoms with Gasteiger partial charge in [-0.3, -0.25) is 4.79 Å². The van der Waals surface area contributed by atoms with E-state index in [4.69, 9.17) is 10.5 Å². The number of nitrogens with zero attached hydrogens (tertiary/aromatic N) is 1. The second-order valence-corrected chi connectivity index (χ2v) is 4.59. The van der Waals surface area contributed by atoms with Gasteiger partial charge in [0.15, 0.2) is 0 Å². The summed E-state index contributed by atoms with van der Waals surface area (Å²) in [5.74, 6) is -0.186. The molecule has 1 aromatic rings. The molecular formula is C13H17FN2O2. The van der Waals surface area contributed by atoms with E-state index in [1.165, 1.54) is 18.2 Å². The van der Waals surface area contributed by atoms with E-state index in [0.29, 0.717) is 31.2 Å². The lowest BCUT2D eigenvalue weighted by atomic mass is 10.1. The van der Waals surface area contributed by atoms with Gasteiger partial charge in [-0.2, -0.15) is 0 Å². The summed E-state index contributed by atoms with van der Waals surface area (Å²) in [4.78, 5) is 14.0. The summed E-state index contributed by atoms with van der Waals surface area (Å²) in [6.07, 6.45) is 0.931. The minimum Gasteiger partial charge on any atom is -0.398 e. The van der Waals surface area contributed by atoms with E-state index in [1.54, 1.807) is 12.0 Å². The summed E-state index contributed by atoms with van der Waals surface area (Å²) in [5, 5.41) is 0. The van der Waals surface area contributed by atoms with Crippen LogP contribution < -0.4 is 5.73 Å². The molecule has 1 aliphatic heterocycles. The Kier molecular flexibility index (Phi) is 3.81. The molecule has 1 aliphatic rings. The number of methoxy groups -OCH3 is 1. The van der Waals surface area contributed by atoms with Crippen LogP contribution in [0.15, 0.2) is 18.2 Å². The molecule has 5 heteroatoms. The molecule has 1 atom stereocenters. The number of amides is 1. The third-order valence-electron chi connectivity index (χ3n) is 3.22. The maximum atomic E-state index is 12.9. The third-order valence-corrected chi connectivity index (χ3v) is 3.22. The van der Waals surface area contributed by atoms with Crippen LogP contribution in [0.3, 0.4) is 0 Å². The fraction of sp³-hybridized carbons (Fsp3) is 0.462. The number of benzene rings is 1. The Hall–Kier alpha value is -1.62. The predicted octanol–water partition coefficient (Wildman–Crippen LogP) is 1.52. The molecule has 0 aliphatic carbocycles. The normalized spacial score (nSPS) is 19.2. The molecule has 1 amide bonds. The Balaban J connectivity index is 2.08. The lowest BCUT2D eigenvalue weighted by molar-refractivity contribution is 0.0776. The van der Waals surface area contributed by atoms with Crippen molar-refractivity contribution in [3.63, 3.8) is 0 Å². The van der Waals surface area contributed by atoms with Crippen LogP contribution in [0, 0.1) is 11.7 Å². The number of nitrogens with two attached hydrogens (primary N) is 1. The van der Waals surface area contributed by atoms with Gasteiger partial charge in [-0.15, -0.1) is 0 Å². The number of carbonyl (C=O) groups is 1. The summed E-state index contributed by atoms with van der Waals surface area (Å²) in [5.41, 5.74) is 6.23. The number of likely N-dealkylation sites (tertiary alicyclic amines) is 1. The number of rotatable bonds is 3. The first-order chi connectivity index (χ1) is 8.61. The van der Waals surface area contributed by atoms with E-state index in [0.717, 1.165) is 6.42 Å². The number of hydrogen-bond acceptors (Lipinski definition) is 3. The Bertz CT molecular complexity index is 451. The van der Waals surface area contributed by atoms with Crippen LogP contribution in [0.5, 0.6) is 0 Å². The molecule has 0 aromatic heterocycles. The lowest BCUT2D eigenvalue weighted by Crippen LogP contribution is -2.29. The van der Waals surface area contributed by atoms with Gasteiger partial charge in [0.05, 0.1) is 12.2 Å². The highest BCUT2D eigenvalue weighted by molar-refractivity contribution is 5.99. The standard InChI is InChI=1S/C13H17FN2O2/c1-18-8-9-4-5-16(7-9)13(17)11-3-2-10(14)6-12(11)15/h2-3,6,9H,4-5,7-8,15H2,1H3. The zero-order valence-corrected chi connectivity index (χ0v) is 10.4. The van der Waals surface area contributed by atoms with Crippen molar-refractivity contribution >= 4 is 11.6 Å². The summed E-state index contributed by atoms with van der Waals surface area (Å²) < 4.78 is 18.0. The maximum Gasteiger partial charge on any atom is 0.255 e. The highest BCUT2D eigenvalue weighted by atomic mass is 19.1. The smallest absolute Gasteiger partial charge is 0.255 e. The first-order valence-corrected chi connectivity index (χ1v) is 5.95. The Morgan fingerprint density at radius 3 is 3.06 bits per heavy atom. The van der Waals surface area contributed by atoms with Gasteiger partial charge >= 0.3 is 0 Å². The molecule has 0 saturated carbocycles. The highest BCUT2D eigenvalue weighted by Crippen LogP contribution is 2.22. The number of anilines is 1. The van der Waals surface area contributed by atoms with Crippen LogP contribution in [0.4, 0.5) is 10.1 Å². The first kappa shape index (κ1) is 12.8. The summed E-state index contributed by atoms with van der Waals surface area (Å²) in [6.45, 7) is 2.02. The van der Waals surface area contributed by atoms with Crippen LogP contribution in [0.25, 0.3) is 0 Å². The first-order valence-electron chi connectivity index (χ1n) is 5.95. The number of halogens is 1. The molecule has 1 heterocycles. The topological polar surface area (TPSA) is 55.6 Å². The number of ether oxygens (including phenoxy) is 1. The van der Waals surface area contributed by atoms with Gasteiger partial charge in [0.1, 0.15) is 5.82 Å². The van der Waals surface area contributed by atoms with Gasteiger partial charge in [0.25, 0.3) is 5.91 Å². The molecule has 2 rings (SSSR count). The second kappa shape index (κ2) is 5.35. The van der Waals surface area contributed by atoms with Crippen molar-refractivity contribution in [3.8, 4) is 0 Å². The SMILES string of the molecule is COCC1CCN(C(=O)c2ccc(F)cc2N)C1. The van der Waals surface area contributed by atoms with E-state index in [-0.39, 0.29) is 11.6 Å². The third kappa shape index (κ3) is 2.61. The molecule has 1 aromatic carbocycles. The molecule has 1 saturated heterocycles. The molecular weight excluding hydrogens is 235 g/mol. The number of hydrogen-bond donors (Lipinski definition) is 1. The van der Waals surface area contributed by atoms with Crippen LogP contribution >= 0.6 is 0 Å². The molecule has 1 fully saturated rings. The van der Waals surface area contributed by atoms with Gasteiger partial charge in [-0.1, -0.05) is 0 Å². The van der Waals surface area contributed by atoms with Crippen molar-refractivity contribution in [1.82, 2.24) is 4.90 Å². The van der Waals surface area contributed by atoms with Crippen molar-refractivity contribution in [2.75, 3.05) is 32.5 Å². The highest BCUT2D eigenvalue weighted by Gasteiger charge is 2.27. The summed E-state index contributed by atoms with van der Waals surface area (Å²) in [6, 6.07) is 3.87. The van der Waals surface area contributed by atoms with Gasteiger partial charge in [0, 0.05) is 31.8 Å². The zero-order valence-electron chi connectivity index (χ0n) is 10.4. The minimum atomic E-state index is -0.428. The largest absolute Gasteiger partial charge is 0.398 e. The molecule has 2 N–H and O–H groups in total. The van der Waals surface area contributed by atoms with Crippen molar-refractivity contribution in [2.24, 2.45) is 5.92 Å². The van der Waals surface area contributed by atoms with Crippen LogP contribution in [0.2, 0.25) is 0 Å². The zero-order chi connectivity index (χ0) is 13.1. The monoisotopic (exact) mass is 252 g/mol. The quantitative estimate of drug-likeness (QED) is 0.830. The molecule has 98 valence electrons. The van der Waals surface area contributed by atoms with Gasteiger partial charge in [-0.05, 0) is 24.6 Å². The lowest BCUT2D eigenvalue weighted by Gasteiger charge is -2.17. The van der Waals surface area contributed by atoms with Gasteiger partial charge in [-0.25, -0.2) is 4.39 Å². The Morgan fingerprint density at radius 1 is 1.61 bits per heavy atom. The minimum absolute atomic E-state index is 0.133. The van der Waals surface area contributed by atoms with Gasteiger partial charge < -0.3 is 15.4 Å². The second-order valence-electron chi connectivity index (χ2n) is 4.59. The van der Waals surface area contributed by atoms with Crippen LogP contribution in [0.1, 0.15) is 16.8 Å². The molecule has 0 bridgehead atoms. The van der Waals surface area contributed by atoms with E-state index in [1.807, 2.05) is 0 Å². The summed E-state index contributed by atoms with van der Waals surface area (Å²) in [7, 11) is 1.66. The van der Waals surface area contributed by atoms with E-state index < -0.39 is 5.82 Å². The molecule has 0 radical (unpaired) electrons. The number of nitrogen functional groups attached to an aromatic ring is 1. The van der Waals surface area contributed by atoms with Crippen molar-refractivity contribution in [2.45, 2.75) is 6.42 Å². The maximum absolute atomic E-state index is 12.9. The Labute approximate surface area is 106 Å². The fourth-order valence-corrected chi connectivity index (χ4v) is 2.29. The van der Waals surface area contributed by atoms with Crippen molar-refractivity contribution in [1.29, 1.82) is 0 Å². The van der Waals surface area contributed by atoms with Crippen molar-refractivity contribution < 1.29 is 13.9 Å². The molecule has 18 heavy (non-hydrogen) atoms. The fourth-order valence-electron chi connectivity index (χ4n) is 2.29. The Morgan fingerprint density at radius 2 is 2.39 bits per heavy atom. The average molecular weight is 252 g/mol. The van der Waals surface area contributed by atoms with E-state index in [2.05, 4.69) is 0 Å². The van der Waals surface area contributed by atoms with Gasteiger partial charge in [0.2, 0.25) is 0 Å². The van der Waals surface area contributed by atoms with Crippen LogP contribution in [-0.4, -0.2) is 37.6 Å². The molecule has 1 unspecified atom stereocenters. The average Bonchev–Trinajstić information content (AvgIpc) is 2.77. The summed E-state index contributed by atoms with van der Waals surface area (Å²) >= 11 is 0. The van der Waals surface area contributed by atoms with Crippen molar-refractivity contribution in [3.05, 3.63) is 29.6 Å².